The molecule has 2 aliphatic heterocycles. The second-order valence-electron chi connectivity index (χ2n) is 7.67. The summed E-state index contributed by atoms with van der Waals surface area (Å²) in [7, 11) is 0. The highest BCUT2D eigenvalue weighted by atomic mass is 16.5. The number of nitrogens with zero attached hydrogens (tertiary/aromatic N) is 2. The Balaban J connectivity index is 1.69. The quantitative estimate of drug-likeness (QED) is 0.747. The number of hydrogen-bond acceptors (Lipinski definition) is 4. The molecule has 0 radical (unpaired) electrons. The number of amidine groups is 1. The van der Waals surface area contributed by atoms with Crippen LogP contribution in [-0.2, 0) is 5.72 Å². The SMILES string of the molecule is CCOc1ccc(N2C[C@@](O)(c3ccc(OCC)cc3)[N+]3=C2CCCCC3)cc1. The molecule has 1 atom stereocenters. The van der Waals surface area contributed by atoms with Crippen LogP contribution in [0.15, 0.2) is 48.5 Å². The first kappa shape index (κ1) is 19.8. The smallest absolute Gasteiger partial charge is 0.271 e. The summed E-state index contributed by atoms with van der Waals surface area (Å²) in [5.41, 5.74) is 0.967. The third-order valence-corrected chi connectivity index (χ3v) is 5.82. The van der Waals surface area contributed by atoms with Crippen LogP contribution in [0.2, 0.25) is 0 Å². The Hall–Kier alpha value is -2.53. The first-order valence-corrected chi connectivity index (χ1v) is 10.8. The van der Waals surface area contributed by atoms with Gasteiger partial charge in [-0.3, -0.25) is 0 Å². The molecule has 4 rings (SSSR count). The highest BCUT2D eigenvalue weighted by Gasteiger charge is 2.51. The largest absolute Gasteiger partial charge is 0.494 e. The number of rotatable bonds is 6. The lowest BCUT2D eigenvalue weighted by molar-refractivity contribution is -0.658. The summed E-state index contributed by atoms with van der Waals surface area (Å²) < 4.78 is 13.4. The standard InChI is InChI=1S/C24H31N2O3/c1-3-28-21-13-9-19(10-14-21)24(27)18-25(23-8-6-5-7-17-26(23)24)20-11-15-22(16-12-20)29-4-2/h9-16,27H,3-8,17-18H2,1-2H3/q+1/t24-/m1/s1. The highest BCUT2D eigenvalue weighted by Crippen LogP contribution is 2.36. The number of aliphatic hydroxyl groups is 1. The first-order chi connectivity index (χ1) is 14.2. The normalized spacial score (nSPS) is 21.7. The maximum Gasteiger partial charge on any atom is 0.271 e. The number of benzene rings is 2. The van der Waals surface area contributed by atoms with Crippen molar-refractivity contribution in [3.05, 3.63) is 54.1 Å². The molecule has 1 N–H and O–H groups in total. The Kier molecular flexibility index (Phi) is 5.76. The van der Waals surface area contributed by atoms with Crippen molar-refractivity contribution >= 4 is 11.5 Å². The van der Waals surface area contributed by atoms with Gasteiger partial charge in [0.25, 0.3) is 11.6 Å². The minimum atomic E-state index is -1.04. The van der Waals surface area contributed by atoms with Gasteiger partial charge in [-0.25, -0.2) is 9.48 Å². The van der Waals surface area contributed by atoms with E-state index in [1.54, 1.807) is 0 Å². The van der Waals surface area contributed by atoms with E-state index < -0.39 is 5.72 Å². The van der Waals surface area contributed by atoms with E-state index >= 15 is 0 Å². The van der Waals surface area contributed by atoms with Crippen LogP contribution < -0.4 is 14.4 Å². The molecule has 154 valence electrons. The average Bonchev–Trinajstić information content (AvgIpc) is 2.88. The Bertz CT molecular complexity index is 861. The number of ether oxygens (including phenoxy) is 2. The Morgan fingerprint density at radius 3 is 2.14 bits per heavy atom. The molecule has 2 aromatic carbocycles. The van der Waals surface area contributed by atoms with Gasteiger partial charge >= 0.3 is 0 Å². The zero-order valence-electron chi connectivity index (χ0n) is 17.4. The predicted molar refractivity (Wildman–Crippen MR) is 115 cm³/mol. The molecule has 5 heteroatoms. The third-order valence-electron chi connectivity index (χ3n) is 5.82. The van der Waals surface area contributed by atoms with E-state index in [1.165, 1.54) is 12.3 Å². The van der Waals surface area contributed by atoms with E-state index in [1.807, 2.05) is 50.2 Å². The summed E-state index contributed by atoms with van der Waals surface area (Å²) in [6.07, 6.45) is 4.42. The van der Waals surface area contributed by atoms with Crippen molar-refractivity contribution in [2.75, 3.05) is 31.2 Å². The van der Waals surface area contributed by atoms with Crippen molar-refractivity contribution < 1.29 is 19.2 Å². The van der Waals surface area contributed by atoms with Gasteiger partial charge in [0.05, 0.1) is 19.8 Å². The Morgan fingerprint density at radius 2 is 1.52 bits per heavy atom. The minimum absolute atomic E-state index is 0.518. The molecule has 0 amide bonds. The zero-order chi connectivity index (χ0) is 20.3. The molecule has 0 aromatic heterocycles. The fraction of sp³-hybridized carbons (Fsp3) is 0.458. The van der Waals surface area contributed by atoms with Crippen molar-refractivity contribution in [3.63, 3.8) is 0 Å². The molecule has 2 heterocycles. The van der Waals surface area contributed by atoms with Crippen molar-refractivity contribution in [3.8, 4) is 11.5 Å². The zero-order valence-corrected chi connectivity index (χ0v) is 17.4. The summed E-state index contributed by atoms with van der Waals surface area (Å²) in [5, 5.41) is 11.9. The molecule has 5 nitrogen and oxygen atoms in total. The Morgan fingerprint density at radius 1 is 0.897 bits per heavy atom. The minimum Gasteiger partial charge on any atom is -0.494 e. The molecule has 0 spiro atoms. The lowest BCUT2D eigenvalue weighted by Crippen LogP contribution is -2.41. The molecule has 0 saturated heterocycles. The van der Waals surface area contributed by atoms with E-state index in [0.717, 1.165) is 48.6 Å². The maximum absolute atomic E-state index is 11.9. The van der Waals surface area contributed by atoms with Gasteiger partial charge in [0, 0.05) is 12.0 Å². The molecular weight excluding hydrogens is 364 g/mol. The molecule has 0 unspecified atom stereocenters. The molecular formula is C24H31N2O3+. The van der Waals surface area contributed by atoms with E-state index in [2.05, 4.69) is 21.6 Å². The predicted octanol–water partition coefficient (Wildman–Crippen LogP) is 4.13. The summed E-state index contributed by atoms with van der Waals surface area (Å²) in [6, 6.07) is 16.1. The number of β-amino-alcohol motifs (C(OH)–C–C–N with tert-alkyl or cyclic N) is 1. The third kappa shape index (κ3) is 3.84. The van der Waals surface area contributed by atoms with E-state index in [0.29, 0.717) is 19.8 Å². The topological polar surface area (TPSA) is 44.9 Å². The van der Waals surface area contributed by atoms with Crippen LogP contribution in [0.1, 0.15) is 45.1 Å². The van der Waals surface area contributed by atoms with Gasteiger partial charge in [0.15, 0.2) is 6.54 Å². The van der Waals surface area contributed by atoms with Crippen molar-refractivity contribution in [1.82, 2.24) is 0 Å². The van der Waals surface area contributed by atoms with Gasteiger partial charge < -0.3 is 14.6 Å². The van der Waals surface area contributed by atoms with Crippen LogP contribution in [0, 0.1) is 0 Å². The fourth-order valence-electron chi connectivity index (χ4n) is 4.43. The average molecular weight is 396 g/mol. The fourth-order valence-corrected chi connectivity index (χ4v) is 4.43. The van der Waals surface area contributed by atoms with Gasteiger partial charge in [-0.05, 0) is 81.6 Å². The van der Waals surface area contributed by atoms with Crippen molar-refractivity contribution in [2.24, 2.45) is 0 Å². The molecule has 2 aliphatic rings. The van der Waals surface area contributed by atoms with E-state index in [-0.39, 0.29) is 0 Å². The van der Waals surface area contributed by atoms with Crippen LogP contribution >= 0.6 is 0 Å². The van der Waals surface area contributed by atoms with Gasteiger partial charge in [-0.1, -0.05) is 0 Å². The number of hydrogen-bond donors (Lipinski definition) is 1. The first-order valence-electron chi connectivity index (χ1n) is 10.8. The Labute approximate surface area is 173 Å². The summed E-state index contributed by atoms with van der Waals surface area (Å²) in [5.74, 6) is 2.92. The van der Waals surface area contributed by atoms with Crippen LogP contribution in [0.5, 0.6) is 11.5 Å². The van der Waals surface area contributed by atoms with Crippen molar-refractivity contribution in [1.29, 1.82) is 0 Å². The lowest BCUT2D eigenvalue weighted by Gasteiger charge is -2.23. The number of anilines is 1. The highest BCUT2D eigenvalue weighted by molar-refractivity contribution is 5.96. The second kappa shape index (κ2) is 8.46. The molecule has 0 aliphatic carbocycles. The molecule has 29 heavy (non-hydrogen) atoms. The molecule has 0 saturated carbocycles. The lowest BCUT2D eigenvalue weighted by atomic mass is 10.0. The van der Waals surface area contributed by atoms with Crippen LogP contribution in [0.3, 0.4) is 0 Å². The second-order valence-corrected chi connectivity index (χ2v) is 7.67. The molecule has 0 bridgehead atoms. The van der Waals surface area contributed by atoms with Crippen LogP contribution in [-0.4, -0.2) is 41.8 Å². The summed E-state index contributed by atoms with van der Waals surface area (Å²) in [6.45, 7) is 6.65. The maximum atomic E-state index is 11.9. The van der Waals surface area contributed by atoms with Gasteiger partial charge in [-0.2, -0.15) is 0 Å². The van der Waals surface area contributed by atoms with E-state index in [9.17, 15) is 5.11 Å². The van der Waals surface area contributed by atoms with Crippen LogP contribution in [0.4, 0.5) is 5.69 Å². The molecule has 0 fully saturated rings. The van der Waals surface area contributed by atoms with Gasteiger partial charge in [0.1, 0.15) is 17.2 Å². The van der Waals surface area contributed by atoms with E-state index in [4.69, 9.17) is 9.47 Å². The van der Waals surface area contributed by atoms with Gasteiger partial charge in [0.2, 0.25) is 0 Å². The van der Waals surface area contributed by atoms with Crippen molar-refractivity contribution in [2.45, 2.75) is 45.3 Å². The van der Waals surface area contributed by atoms with Crippen LogP contribution in [0.25, 0.3) is 0 Å². The monoisotopic (exact) mass is 395 g/mol. The van der Waals surface area contributed by atoms with Gasteiger partial charge in [-0.15, -0.1) is 0 Å². The summed E-state index contributed by atoms with van der Waals surface area (Å²) >= 11 is 0. The molecule has 2 aromatic rings. The summed E-state index contributed by atoms with van der Waals surface area (Å²) in [4.78, 5) is 2.28.